The van der Waals surface area contributed by atoms with Crippen LogP contribution in [0.5, 0.6) is 0 Å². The summed E-state index contributed by atoms with van der Waals surface area (Å²) < 4.78 is 41.0. The monoisotopic (exact) mass is 211 g/mol. The molecule has 5 heteroatoms. The molecule has 1 rings (SSSR count). The minimum absolute atomic E-state index is 0.0638. The standard InChI is InChI=1S/C9H16F3NO/c1-14-8-5-3-2-4-7(8)13-6-9(10,11)12/h7-8,13H,2-6H2,1H3. The Balaban J connectivity index is 2.33. The van der Waals surface area contributed by atoms with Gasteiger partial charge in [-0.15, -0.1) is 0 Å². The van der Waals surface area contributed by atoms with E-state index < -0.39 is 12.7 Å². The highest BCUT2D eigenvalue weighted by Gasteiger charge is 2.31. The SMILES string of the molecule is COC1CCCCC1NCC(F)(F)F. The van der Waals surface area contributed by atoms with Gasteiger partial charge in [0.1, 0.15) is 0 Å². The molecule has 0 bridgehead atoms. The van der Waals surface area contributed by atoms with Crippen molar-refractivity contribution in [2.45, 2.75) is 44.0 Å². The third kappa shape index (κ3) is 3.84. The second-order valence-electron chi connectivity index (χ2n) is 3.66. The first-order chi connectivity index (χ1) is 6.53. The molecular formula is C9H16F3NO. The molecule has 0 radical (unpaired) electrons. The van der Waals surface area contributed by atoms with Crippen molar-refractivity contribution in [1.82, 2.24) is 5.32 Å². The highest BCUT2D eigenvalue weighted by Crippen LogP contribution is 2.22. The van der Waals surface area contributed by atoms with Crippen LogP contribution in [0.15, 0.2) is 0 Å². The van der Waals surface area contributed by atoms with Gasteiger partial charge in [0.15, 0.2) is 0 Å². The molecule has 84 valence electrons. The summed E-state index contributed by atoms with van der Waals surface area (Å²) in [6, 6.07) is -0.143. The lowest BCUT2D eigenvalue weighted by Gasteiger charge is -2.31. The Morgan fingerprint density at radius 1 is 1.29 bits per heavy atom. The van der Waals surface area contributed by atoms with E-state index in [2.05, 4.69) is 5.32 Å². The molecule has 1 N–H and O–H groups in total. The van der Waals surface area contributed by atoms with Crippen molar-refractivity contribution >= 4 is 0 Å². The number of alkyl halides is 3. The first-order valence-electron chi connectivity index (χ1n) is 4.86. The molecule has 0 aromatic rings. The summed E-state index contributed by atoms with van der Waals surface area (Å²) in [7, 11) is 1.55. The van der Waals surface area contributed by atoms with Gasteiger partial charge in [0.05, 0.1) is 12.6 Å². The lowest BCUT2D eigenvalue weighted by atomic mass is 9.92. The first-order valence-corrected chi connectivity index (χ1v) is 4.86. The molecular weight excluding hydrogens is 195 g/mol. The molecule has 0 amide bonds. The number of rotatable bonds is 3. The van der Waals surface area contributed by atoms with Gasteiger partial charge in [-0.1, -0.05) is 12.8 Å². The molecule has 0 aromatic heterocycles. The minimum atomic E-state index is -4.13. The summed E-state index contributed by atoms with van der Waals surface area (Å²) in [5, 5.41) is 2.51. The van der Waals surface area contributed by atoms with Crippen LogP contribution in [0.2, 0.25) is 0 Å². The van der Waals surface area contributed by atoms with Crippen LogP contribution in [-0.4, -0.2) is 32.0 Å². The van der Waals surface area contributed by atoms with Gasteiger partial charge in [-0.05, 0) is 12.8 Å². The van der Waals surface area contributed by atoms with Crippen molar-refractivity contribution in [3.63, 3.8) is 0 Å². The van der Waals surface area contributed by atoms with Crippen molar-refractivity contribution < 1.29 is 17.9 Å². The third-order valence-corrected chi connectivity index (χ3v) is 2.57. The third-order valence-electron chi connectivity index (χ3n) is 2.57. The molecule has 1 fully saturated rings. The highest BCUT2D eigenvalue weighted by atomic mass is 19.4. The molecule has 0 spiro atoms. The fourth-order valence-electron chi connectivity index (χ4n) is 1.86. The number of methoxy groups -OCH3 is 1. The van der Waals surface area contributed by atoms with E-state index in [1.165, 1.54) is 0 Å². The normalized spacial score (nSPS) is 29.1. The van der Waals surface area contributed by atoms with Crippen LogP contribution < -0.4 is 5.32 Å². The lowest BCUT2D eigenvalue weighted by molar-refractivity contribution is -0.129. The zero-order chi connectivity index (χ0) is 10.6. The van der Waals surface area contributed by atoms with E-state index in [0.29, 0.717) is 0 Å². The van der Waals surface area contributed by atoms with Gasteiger partial charge in [-0.25, -0.2) is 0 Å². The van der Waals surface area contributed by atoms with Crippen molar-refractivity contribution in [1.29, 1.82) is 0 Å². The number of ether oxygens (including phenoxy) is 1. The number of nitrogens with one attached hydrogen (secondary N) is 1. The molecule has 0 saturated heterocycles. The maximum atomic E-state index is 11.9. The molecule has 0 aliphatic heterocycles. The van der Waals surface area contributed by atoms with Gasteiger partial charge in [-0.2, -0.15) is 13.2 Å². The Morgan fingerprint density at radius 3 is 2.50 bits per heavy atom. The van der Waals surface area contributed by atoms with Gasteiger partial charge < -0.3 is 10.1 Å². The molecule has 1 aliphatic rings. The van der Waals surface area contributed by atoms with Crippen LogP contribution in [0.1, 0.15) is 25.7 Å². The van der Waals surface area contributed by atoms with Crippen LogP contribution in [-0.2, 0) is 4.74 Å². The smallest absolute Gasteiger partial charge is 0.380 e. The molecule has 2 atom stereocenters. The van der Waals surface area contributed by atoms with E-state index in [4.69, 9.17) is 4.74 Å². The van der Waals surface area contributed by atoms with Gasteiger partial charge in [0.2, 0.25) is 0 Å². The average Bonchev–Trinajstić information content (AvgIpc) is 2.14. The summed E-state index contributed by atoms with van der Waals surface area (Å²) >= 11 is 0. The van der Waals surface area contributed by atoms with E-state index in [0.717, 1.165) is 25.7 Å². The molecule has 14 heavy (non-hydrogen) atoms. The topological polar surface area (TPSA) is 21.3 Å². The summed E-state index contributed by atoms with van der Waals surface area (Å²) in [5.41, 5.74) is 0. The van der Waals surface area contributed by atoms with Crippen molar-refractivity contribution in [2.75, 3.05) is 13.7 Å². The Bertz CT molecular complexity index is 172. The zero-order valence-electron chi connectivity index (χ0n) is 8.23. The molecule has 1 saturated carbocycles. The van der Waals surface area contributed by atoms with Gasteiger partial charge in [-0.3, -0.25) is 0 Å². The molecule has 2 nitrogen and oxygen atoms in total. The predicted octanol–water partition coefficient (Wildman–Crippen LogP) is 2.10. The quantitative estimate of drug-likeness (QED) is 0.771. The number of hydrogen-bond acceptors (Lipinski definition) is 2. The molecule has 2 unspecified atom stereocenters. The van der Waals surface area contributed by atoms with E-state index in [1.54, 1.807) is 7.11 Å². The van der Waals surface area contributed by atoms with Crippen LogP contribution in [0.25, 0.3) is 0 Å². The summed E-state index contributed by atoms with van der Waals surface area (Å²) in [5.74, 6) is 0. The largest absolute Gasteiger partial charge is 0.401 e. The van der Waals surface area contributed by atoms with Crippen LogP contribution in [0.4, 0.5) is 13.2 Å². The Morgan fingerprint density at radius 2 is 1.93 bits per heavy atom. The highest BCUT2D eigenvalue weighted by molar-refractivity contribution is 4.82. The summed E-state index contributed by atoms with van der Waals surface area (Å²) in [6.45, 7) is -0.919. The fourth-order valence-corrected chi connectivity index (χ4v) is 1.86. The second kappa shape index (κ2) is 4.98. The van der Waals surface area contributed by atoms with Crippen molar-refractivity contribution in [3.8, 4) is 0 Å². The Hall–Kier alpha value is -0.290. The summed E-state index contributed by atoms with van der Waals surface area (Å²) in [4.78, 5) is 0. The summed E-state index contributed by atoms with van der Waals surface area (Å²) in [6.07, 6.45) is -0.542. The van der Waals surface area contributed by atoms with E-state index in [-0.39, 0.29) is 12.1 Å². The minimum Gasteiger partial charge on any atom is -0.380 e. The number of halogens is 3. The predicted molar refractivity (Wildman–Crippen MR) is 47.1 cm³/mol. The molecule has 0 aromatic carbocycles. The van der Waals surface area contributed by atoms with E-state index >= 15 is 0 Å². The molecule has 1 aliphatic carbocycles. The van der Waals surface area contributed by atoms with Crippen molar-refractivity contribution in [3.05, 3.63) is 0 Å². The molecule has 0 heterocycles. The van der Waals surface area contributed by atoms with E-state index in [9.17, 15) is 13.2 Å². The second-order valence-corrected chi connectivity index (χ2v) is 3.66. The maximum absolute atomic E-state index is 11.9. The maximum Gasteiger partial charge on any atom is 0.401 e. The van der Waals surface area contributed by atoms with E-state index in [1.807, 2.05) is 0 Å². The van der Waals surface area contributed by atoms with Crippen molar-refractivity contribution in [2.24, 2.45) is 0 Å². The fraction of sp³-hybridized carbons (Fsp3) is 1.00. The van der Waals surface area contributed by atoms with Gasteiger partial charge in [0.25, 0.3) is 0 Å². The lowest BCUT2D eigenvalue weighted by Crippen LogP contribution is -2.46. The van der Waals surface area contributed by atoms with Gasteiger partial charge >= 0.3 is 6.18 Å². The number of hydrogen-bond donors (Lipinski definition) is 1. The van der Waals surface area contributed by atoms with Crippen LogP contribution in [0, 0.1) is 0 Å². The Kier molecular flexibility index (Phi) is 4.19. The average molecular weight is 211 g/mol. The van der Waals surface area contributed by atoms with Crippen LogP contribution in [0.3, 0.4) is 0 Å². The Labute approximate surface area is 81.8 Å². The zero-order valence-corrected chi connectivity index (χ0v) is 8.23. The first kappa shape index (κ1) is 11.8. The van der Waals surface area contributed by atoms with Crippen LogP contribution >= 0.6 is 0 Å². The van der Waals surface area contributed by atoms with Gasteiger partial charge in [0, 0.05) is 13.2 Å².